The lowest BCUT2D eigenvalue weighted by Crippen LogP contribution is -2.08. The molecule has 0 spiro atoms. The fraction of sp³-hybridized carbons (Fsp3) is 0.0909. The van der Waals surface area contributed by atoms with Gasteiger partial charge in [-0.2, -0.15) is 0 Å². The van der Waals surface area contributed by atoms with Crippen LogP contribution in [0.3, 0.4) is 0 Å². The SMILES string of the molecule is Cc1nc(-c2cccc(Cl)c2)cc(=O)[nH]1. The molecular formula is C11H9ClN2O. The van der Waals surface area contributed by atoms with Gasteiger partial charge in [-0.1, -0.05) is 23.7 Å². The Hall–Kier alpha value is -1.61. The topological polar surface area (TPSA) is 45.8 Å². The number of rotatable bonds is 1. The number of nitrogens with zero attached hydrogens (tertiary/aromatic N) is 1. The number of nitrogens with one attached hydrogen (secondary N) is 1. The van der Waals surface area contributed by atoms with Gasteiger partial charge >= 0.3 is 0 Å². The molecule has 2 rings (SSSR count). The molecule has 0 atom stereocenters. The van der Waals surface area contributed by atoms with Crippen LogP contribution in [-0.2, 0) is 0 Å². The Labute approximate surface area is 91.8 Å². The number of benzene rings is 1. The summed E-state index contributed by atoms with van der Waals surface area (Å²) in [5.74, 6) is 0.595. The monoisotopic (exact) mass is 220 g/mol. The average molecular weight is 221 g/mol. The molecule has 76 valence electrons. The van der Waals surface area contributed by atoms with Crippen LogP contribution >= 0.6 is 11.6 Å². The summed E-state index contributed by atoms with van der Waals surface area (Å²) in [4.78, 5) is 18.1. The highest BCUT2D eigenvalue weighted by Gasteiger charge is 2.01. The first-order valence-corrected chi connectivity index (χ1v) is 4.87. The van der Waals surface area contributed by atoms with Crippen molar-refractivity contribution in [2.45, 2.75) is 6.92 Å². The number of aryl methyl sites for hydroxylation is 1. The highest BCUT2D eigenvalue weighted by Crippen LogP contribution is 2.19. The number of hydrogen-bond donors (Lipinski definition) is 1. The molecule has 0 fully saturated rings. The molecule has 0 amide bonds. The van der Waals surface area contributed by atoms with Gasteiger partial charge in [0.15, 0.2) is 0 Å². The van der Waals surface area contributed by atoms with Crippen molar-refractivity contribution in [3.05, 3.63) is 51.5 Å². The molecule has 1 aromatic heterocycles. The zero-order valence-electron chi connectivity index (χ0n) is 8.12. The first-order valence-electron chi connectivity index (χ1n) is 4.49. The van der Waals surface area contributed by atoms with E-state index in [9.17, 15) is 4.79 Å². The lowest BCUT2D eigenvalue weighted by Gasteiger charge is -2.01. The Morgan fingerprint density at radius 2 is 2.13 bits per heavy atom. The van der Waals surface area contributed by atoms with Crippen molar-refractivity contribution in [2.24, 2.45) is 0 Å². The minimum Gasteiger partial charge on any atom is -0.311 e. The fourth-order valence-electron chi connectivity index (χ4n) is 1.38. The standard InChI is InChI=1S/C11H9ClN2O/c1-7-13-10(6-11(15)14-7)8-3-2-4-9(12)5-8/h2-6H,1H3,(H,13,14,15). The molecular weight excluding hydrogens is 212 g/mol. The van der Waals surface area contributed by atoms with Crippen molar-refractivity contribution >= 4 is 11.6 Å². The van der Waals surface area contributed by atoms with Gasteiger partial charge in [0, 0.05) is 16.7 Å². The molecule has 1 aromatic carbocycles. The van der Waals surface area contributed by atoms with Crippen LogP contribution in [-0.4, -0.2) is 9.97 Å². The first kappa shape index (κ1) is 9.93. The Bertz CT molecular complexity index is 548. The summed E-state index contributed by atoms with van der Waals surface area (Å²) in [6, 6.07) is 8.72. The molecule has 2 aromatic rings. The van der Waals surface area contributed by atoms with E-state index in [0.29, 0.717) is 16.5 Å². The second-order valence-corrected chi connectivity index (χ2v) is 3.66. The molecule has 4 heteroatoms. The van der Waals surface area contributed by atoms with E-state index in [0.717, 1.165) is 5.56 Å². The molecule has 1 N–H and O–H groups in total. The van der Waals surface area contributed by atoms with E-state index >= 15 is 0 Å². The molecule has 0 aliphatic heterocycles. The van der Waals surface area contributed by atoms with Crippen molar-refractivity contribution in [3.8, 4) is 11.3 Å². The molecule has 0 aliphatic rings. The van der Waals surface area contributed by atoms with E-state index in [2.05, 4.69) is 9.97 Å². The number of hydrogen-bond acceptors (Lipinski definition) is 2. The van der Waals surface area contributed by atoms with Crippen LogP contribution in [0.15, 0.2) is 35.1 Å². The molecule has 3 nitrogen and oxygen atoms in total. The predicted octanol–water partition coefficient (Wildman–Crippen LogP) is 2.40. The maximum Gasteiger partial charge on any atom is 0.251 e. The van der Waals surface area contributed by atoms with Crippen LogP contribution < -0.4 is 5.56 Å². The molecule has 15 heavy (non-hydrogen) atoms. The van der Waals surface area contributed by atoms with Crippen LogP contribution in [0, 0.1) is 6.92 Å². The zero-order valence-corrected chi connectivity index (χ0v) is 8.88. The molecule has 0 aliphatic carbocycles. The molecule has 1 heterocycles. The smallest absolute Gasteiger partial charge is 0.251 e. The van der Waals surface area contributed by atoms with Crippen LogP contribution in [0.25, 0.3) is 11.3 Å². The maximum absolute atomic E-state index is 11.2. The molecule has 0 saturated carbocycles. The highest BCUT2D eigenvalue weighted by atomic mass is 35.5. The fourth-order valence-corrected chi connectivity index (χ4v) is 1.57. The predicted molar refractivity (Wildman–Crippen MR) is 60.0 cm³/mol. The summed E-state index contributed by atoms with van der Waals surface area (Å²) in [5, 5.41) is 0.632. The van der Waals surface area contributed by atoms with Crippen LogP contribution in [0.4, 0.5) is 0 Å². The Balaban J connectivity index is 2.59. The van der Waals surface area contributed by atoms with E-state index in [1.54, 1.807) is 19.1 Å². The van der Waals surface area contributed by atoms with E-state index in [1.807, 2.05) is 12.1 Å². The van der Waals surface area contributed by atoms with Gasteiger partial charge in [-0.3, -0.25) is 4.79 Å². The summed E-state index contributed by atoms with van der Waals surface area (Å²) in [6.45, 7) is 1.75. The maximum atomic E-state index is 11.2. The Morgan fingerprint density at radius 3 is 2.80 bits per heavy atom. The minimum atomic E-state index is -0.155. The number of aromatic amines is 1. The molecule has 0 unspecified atom stereocenters. The van der Waals surface area contributed by atoms with Crippen LogP contribution in [0.1, 0.15) is 5.82 Å². The summed E-state index contributed by atoms with van der Waals surface area (Å²) in [6.07, 6.45) is 0. The van der Waals surface area contributed by atoms with Crippen molar-refractivity contribution < 1.29 is 0 Å². The van der Waals surface area contributed by atoms with Crippen molar-refractivity contribution in [2.75, 3.05) is 0 Å². The number of aromatic nitrogens is 2. The van der Waals surface area contributed by atoms with Crippen molar-refractivity contribution in [1.82, 2.24) is 9.97 Å². The van der Waals surface area contributed by atoms with Gasteiger partial charge in [0.2, 0.25) is 0 Å². The normalized spacial score (nSPS) is 10.3. The van der Waals surface area contributed by atoms with Gasteiger partial charge in [0.25, 0.3) is 5.56 Å². The molecule has 0 bridgehead atoms. The Kier molecular flexibility index (Phi) is 2.56. The van der Waals surface area contributed by atoms with Crippen molar-refractivity contribution in [1.29, 1.82) is 0 Å². The van der Waals surface area contributed by atoms with Gasteiger partial charge in [-0.05, 0) is 19.1 Å². The average Bonchev–Trinajstić information content (AvgIpc) is 2.16. The quantitative estimate of drug-likeness (QED) is 0.802. The number of halogens is 1. The second-order valence-electron chi connectivity index (χ2n) is 3.23. The van der Waals surface area contributed by atoms with Crippen molar-refractivity contribution in [3.63, 3.8) is 0 Å². The highest BCUT2D eigenvalue weighted by molar-refractivity contribution is 6.30. The zero-order chi connectivity index (χ0) is 10.8. The van der Waals surface area contributed by atoms with Gasteiger partial charge in [-0.15, -0.1) is 0 Å². The van der Waals surface area contributed by atoms with Crippen LogP contribution in [0.5, 0.6) is 0 Å². The van der Waals surface area contributed by atoms with E-state index in [1.165, 1.54) is 6.07 Å². The third-order valence-corrected chi connectivity index (χ3v) is 2.22. The van der Waals surface area contributed by atoms with Gasteiger partial charge < -0.3 is 4.98 Å². The lowest BCUT2D eigenvalue weighted by atomic mass is 10.1. The summed E-state index contributed by atoms with van der Waals surface area (Å²) in [5.41, 5.74) is 1.33. The van der Waals surface area contributed by atoms with E-state index < -0.39 is 0 Å². The lowest BCUT2D eigenvalue weighted by molar-refractivity contribution is 1.02. The van der Waals surface area contributed by atoms with E-state index in [4.69, 9.17) is 11.6 Å². The summed E-state index contributed by atoms with van der Waals surface area (Å²) >= 11 is 5.86. The first-order chi connectivity index (χ1) is 7.15. The molecule has 0 saturated heterocycles. The van der Waals surface area contributed by atoms with Gasteiger partial charge in [-0.25, -0.2) is 4.98 Å². The second kappa shape index (κ2) is 3.87. The van der Waals surface area contributed by atoms with Crippen LogP contribution in [0.2, 0.25) is 5.02 Å². The number of H-pyrrole nitrogens is 1. The van der Waals surface area contributed by atoms with Gasteiger partial charge in [0.1, 0.15) is 5.82 Å². The largest absolute Gasteiger partial charge is 0.311 e. The van der Waals surface area contributed by atoms with E-state index in [-0.39, 0.29) is 5.56 Å². The summed E-state index contributed by atoms with van der Waals surface area (Å²) < 4.78 is 0. The van der Waals surface area contributed by atoms with Gasteiger partial charge in [0.05, 0.1) is 5.69 Å². The minimum absolute atomic E-state index is 0.155. The molecule has 0 radical (unpaired) electrons. The Morgan fingerprint density at radius 1 is 1.33 bits per heavy atom. The third-order valence-electron chi connectivity index (χ3n) is 1.98. The third kappa shape index (κ3) is 2.25. The summed E-state index contributed by atoms with van der Waals surface area (Å²) in [7, 11) is 0.